The predicted molar refractivity (Wildman–Crippen MR) is 103 cm³/mol. The standard InChI is InChI=1S/C22H27N2O3/c1-4-13-11-24(2)18-10-16(13)22(12-25,21(26)27-3)19(24)9-15-14-7-5-6-8-17(14)23-20(15)18/h4-8,16,18-19,23,25H,9-12H2,1-3H3/q+1/t16-,18-,19-,22-,24+/m0/s1. The number of H-pyrrole nitrogens is 1. The number of methoxy groups -OCH3 is 1. The summed E-state index contributed by atoms with van der Waals surface area (Å²) in [4.78, 5) is 16.8. The van der Waals surface area contributed by atoms with E-state index in [4.69, 9.17) is 4.74 Å². The quantitative estimate of drug-likeness (QED) is 0.487. The molecule has 2 N–H and O–H groups in total. The summed E-state index contributed by atoms with van der Waals surface area (Å²) in [6.07, 6.45) is 3.80. The van der Waals surface area contributed by atoms with Gasteiger partial charge in [0.25, 0.3) is 0 Å². The zero-order valence-electron chi connectivity index (χ0n) is 16.2. The second kappa shape index (κ2) is 5.46. The molecule has 1 aromatic heterocycles. The molecule has 0 radical (unpaired) electrons. The molecule has 0 aliphatic carbocycles. The Labute approximate surface area is 159 Å². The lowest BCUT2D eigenvalue weighted by atomic mass is 9.54. The zero-order chi connectivity index (χ0) is 19.0. The van der Waals surface area contributed by atoms with Crippen molar-refractivity contribution < 1.29 is 19.1 Å². The molecule has 0 spiro atoms. The number of allylic oxidation sites excluding steroid dienone is 1. The number of carbonyl (C=O) groups excluding carboxylic acids is 1. The van der Waals surface area contributed by atoms with E-state index in [1.807, 2.05) is 6.92 Å². The van der Waals surface area contributed by atoms with Gasteiger partial charge in [-0.25, -0.2) is 0 Å². The summed E-state index contributed by atoms with van der Waals surface area (Å²) >= 11 is 0. The van der Waals surface area contributed by atoms with E-state index in [1.54, 1.807) is 0 Å². The molecule has 6 rings (SSSR count). The molecule has 142 valence electrons. The van der Waals surface area contributed by atoms with Crippen LogP contribution in [-0.4, -0.2) is 53.9 Å². The molecule has 5 heteroatoms. The first-order valence-electron chi connectivity index (χ1n) is 9.80. The molecule has 5 heterocycles. The molecule has 1 aromatic carbocycles. The molecule has 0 amide bonds. The van der Waals surface area contributed by atoms with Gasteiger partial charge in [0.2, 0.25) is 0 Å². The summed E-state index contributed by atoms with van der Waals surface area (Å²) in [6.45, 7) is 2.82. The predicted octanol–water partition coefficient (Wildman–Crippen LogP) is 2.71. The van der Waals surface area contributed by atoms with Crippen molar-refractivity contribution in [3.05, 3.63) is 47.2 Å². The maximum absolute atomic E-state index is 13.1. The molecule has 2 aromatic rings. The molecule has 0 unspecified atom stereocenters. The maximum Gasteiger partial charge on any atom is 0.320 e. The van der Waals surface area contributed by atoms with Crippen LogP contribution in [0.15, 0.2) is 35.9 Å². The Bertz CT molecular complexity index is 977. The van der Waals surface area contributed by atoms with Crippen molar-refractivity contribution in [2.75, 3.05) is 27.3 Å². The Kier molecular flexibility index (Phi) is 3.44. The SMILES string of the molecule is CC=C1C[N@+]2(C)[C@H]3C[C@@H]1[C@](CO)(C(=O)OC)[C@@H]2Cc1c3[nH]c2ccccc12. The molecule has 4 aliphatic heterocycles. The van der Waals surface area contributed by atoms with Crippen LogP contribution in [0, 0.1) is 11.3 Å². The van der Waals surface area contributed by atoms with Crippen molar-refractivity contribution >= 4 is 16.9 Å². The van der Waals surface area contributed by atoms with Crippen LogP contribution < -0.4 is 0 Å². The molecule has 5 nitrogen and oxygen atoms in total. The van der Waals surface area contributed by atoms with Gasteiger partial charge in [0.05, 0.1) is 26.5 Å². The van der Waals surface area contributed by atoms with Gasteiger partial charge in [-0.1, -0.05) is 24.3 Å². The number of fused-ring (bicyclic) bond motifs is 4. The van der Waals surface area contributed by atoms with Crippen molar-refractivity contribution in [2.24, 2.45) is 11.3 Å². The number of aromatic amines is 1. The third kappa shape index (κ3) is 1.84. The maximum atomic E-state index is 13.1. The van der Waals surface area contributed by atoms with Crippen molar-refractivity contribution in [2.45, 2.75) is 31.8 Å². The molecule has 4 aliphatic rings. The summed E-state index contributed by atoms with van der Waals surface area (Å²) in [7, 11) is 3.71. The molecule has 27 heavy (non-hydrogen) atoms. The third-order valence-electron chi connectivity index (χ3n) is 7.85. The number of aromatic nitrogens is 1. The normalized spacial score (nSPS) is 38.2. The Hall–Kier alpha value is -2.11. The number of likely N-dealkylation sites (N-methyl/N-ethyl adjacent to an activating group) is 1. The van der Waals surface area contributed by atoms with Crippen LogP contribution in [0.4, 0.5) is 0 Å². The van der Waals surface area contributed by atoms with Gasteiger partial charge in [-0.05, 0) is 24.1 Å². The molecule has 3 saturated heterocycles. The number of ether oxygens (including phenoxy) is 1. The second-order valence-electron chi connectivity index (χ2n) is 8.65. The fourth-order valence-corrected chi connectivity index (χ4v) is 6.62. The van der Waals surface area contributed by atoms with Crippen LogP contribution in [0.3, 0.4) is 0 Å². The number of piperidine rings is 3. The molecule has 4 bridgehead atoms. The van der Waals surface area contributed by atoms with Crippen LogP contribution >= 0.6 is 0 Å². The number of rotatable bonds is 2. The highest BCUT2D eigenvalue weighted by atomic mass is 16.5. The molecule has 0 saturated carbocycles. The Balaban J connectivity index is 1.78. The van der Waals surface area contributed by atoms with Crippen molar-refractivity contribution in [3.63, 3.8) is 0 Å². The smallest absolute Gasteiger partial charge is 0.320 e. The lowest BCUT2D eigenvalue weighted by molar-refractivity contribution is -0.981. The van der Waals surface area contributed by atoms with Gasteiger partial charge in [0.1, 0.15) is 24.0 Å². The van der Waals surface area contributed by atoms with E-state index in [9.17, 15) is 9.90 Å². The topological polar surface area (TPSA) is 62.3 Å². The Morgan fingerprint density at radius 2 is 2.22 bits per heavy atom. The van der Waals surface area contributed by atoms with Gasteiger partial charge in [-0.15, -0.1) is 0 Å². The number of nitrogens with zero attached hydrogens (tertiary/aromatic N) is 1. The highest BCUT2D eigenvalue weighted by molar-refractivity contribution is 5.86. The van der Waals surface area contributed by atoms with Crippen LogP contribution in [0.1, 0.15) is 30.6 Å². The monoisotopic (exact) mass is 367 g/mol. The Morgan fingerprint density at radius 3 is 2.93 bits per heavy atom. The van der Waals surface area contributed by atoms with Gasteiger partial charge in [-0.2, -0.15) is 0 Å². The number of aliphatic hydroxyl groups excluding tert-OH is 1. The number of nitrogens with one attached hydrogen (secondary N) is 1. The van der Waals surface area contributed by atoms with Crippen LogP contribution in [0.25, 0.3) is 10.9 Å². The average molecular weight is 367 g/mol. The van der Waals surface area contributed by atoms with E-state index < -0.39 is 5.41 Å². The molecular formula is C22H27N2O3+. The average Bonchev–Trinajstić information content (AvgIpc) is 3.05. The number of hydrogen-bond acceptors (Lipinski definition) is 3. The fraction of sp³-hybridized carbons (Fsp3) is 0.500. The zero-order valence-corrected chi connectivity index (χ0v) is 16.2. The highest BCUT2D eigenvalue weighted by Crippen LogP contribution is 2.62. The number of esters is 1. The van der Waals surface area contributed by atoms with E-state index in [0.29, 0.717) is 6.04 Å². The number of aliphatic hydroxyl groups is 1. The van der Waals surface area contributed by atoms with E-state index in [2.05, 4.69) is 42.4 Å². The number of para-hydroxylation sites is 1. The van der Waals surface area contributed by atoms with E-state index in [0.717, 1.165) is 29.4 Å². The molecule has 3 fully saturated rings. The van der Waals surface area contributed by atoms with Crippen molar-refractivity contribution in [1.82, 2.24) is 4.98 Å². The minimum Gasteiger partial charge on any atom is -0.468 e. The summed E-state index contributed by atoms with van der Waals surface area (Å²) in [5, 5.41) is 11.8. The van der Waals surface area contributed by atoms with Gasteiger partial charge in [0.15, 0.2) is 0 Å². The minimum atomic E-state index is -0.865. The van der Waals surface area contributed by atoms with Gasteiger partial charge in [-0.3, -0.25) is 4.79 Å². The van der Waals surface area contributed by atoms with Crippen molar-refractivity contribution in [3.8, 4) is 0 Å². The number of benzene rings is 1. The van der Waals surface area contributed by atoms with E-state index in [1.165, 1.54) is 29.3 Å². The lowest BCUT2D eigenvalue weighted by Gasteiger charge is -2.66. The number of hydrogen-bond donors (Lipinski definition) is 2. The summed E-state index contributed by atoms with van der Waals surface area (Å²) in [6, 6.07) is 8.76. The second-order valence-corrected chi connectivity index (χ2v) is 8.65. The van der Waals surface area contributed by atoms with Crippen LogP contribution in [0.2, 0.25) is 0 Å². The largest absolute Gasteiger partial charge is 0.468 e. The highest BCUT2D eigenvalue weighted by Gasteiger charge is 2.71. The lowest BCUT2D eigenvalue weighted by Crippen LogP contribution is -2.76. The number of quaternary nitrogens is 1. The molecule has 5 atom stereocenters. The van der Waals surface area contributed by atoms with E-state index in [-0.39, 0.29) is 24.5 Å². The molecular weight excluding hydrogens is 340 g/mol. The first kappa shape index (κ1) is 17.0. The van der Waals surface area contributed by atoms with Gasteiger partial charge < -0.3 is 19.3 Å². The van der Waals surface area contributed by atoms with Crippen LogP contribution in [0.5, 0.6) is 0 Å². The first-order chi connectivity index (χ1) is 13.0. The summed E-state index contributed by atoms with van der Waals surface area (Å²) < 4.78 is 6.05. The minimum absolute atomic E-state index is 0.0223. The van der Waals surface area contributed by atoms with Crippen molar-refractivity contribution in [1.29, 1.82) is 0 Å². The van der Waals surface area contributed by atoms with Crippen LogP contribution in [-0.2, 0) is 16.0 Å². The third-order valence-corrected chi connectivity index (χ3v) is 7.85. The first-order valence-corrected chi connectivity index (χ1v) is 9.80. The fourth-order valence-electron chi connectivity index (χ4n) is 6.62. The summed E-state index contributed by atoms with van der Waals surface area (Å²) in [5.74, 6) is -0.223. The Morgan fingerprint density at radius 1 is 1.44 bits per heavy atom. The number of carbonyl (C=O) groups is 1. The van der Waals surface area contributed by atoms with E-state index >= 15 is 0 Å². The van der Waals surface area contributed by atoms with Gasteiger partial charge in [0, 0.05) is 29.7 Å². The van der Waals surface area contributed by atoms with Gasteiger partial charge >= 0.3 is 5.97 Å². The summed E-state index contributed by atoms with van der Waals surface area (Å²) in [5.41, 5.74) is 4.23.